The van der Waals surface area contributed by atoms with Gasteiger partial charge in [0, 0.05) is 10.5 Å². The van der Waals surface area contributed by atoms with Crippen LogP contribution in [0.5, 0.6) is 0 Å². The third kappa shape index (κ3) is 3.69. The summed E-state index contributed by atoms with van der Waals surface area (Å²) in [5, 5.41) is 0. The highest BCUT2D eigenvalue weighted by atomic mass is 79.9. The molecule has 0 saturated heterocycles. The van der Waals surface area contributed by atoms with Gasteiger partial charge in [-0.25, -0.2) is 0 Å². The van der Waals surface area contributed by atoms with E-state index < -0.39 is 0 Å². The van der Waals surface area contributed by atoms with Gasteiger partial charge >= 0.3 is 0 Å². The van der Waals surface area contributed by atoms with Crippen molar-refractivity contribution in [2.24, 2.45) is 5.84 Å². The Morgan fingerprint density at radius 3 is 2.30 bits per heavy atom. The molecule has 20 heavy (non-hydrogen) atoms. The monoisotopic (exact) mass is 332 g/mol. The Labute approximate surface area is 129 Å². The second-order valence-corrected chi connectivity index (χ2v) is 5.96. The standard InChI is InChI=1S/C17H21BrN2/c1-3-13-4-6-14(7-5-13)11-17(20-19)15-8-9-16(18)12(2)10-15/h4-10,17,20H,3,11,19H2,1-2H3. The van der Waals surface area contributed by atoms with Gasteiger partial charge < -0.3 is 0 Å². The van der Waals surface area contributed by atoms with E-state index in [1.807, 2.05) is 0 Å². The van der Waals surface area contributed by atoms with Crippen molar-refractivity contribution in [2.45, 2.75) is 32.7 Å². The first-order valence-corrected chi connectivity index (χ1v) is 7.73. The Hall–Kier alpha value is -1.16. The lowest BCUT2D eigenvalue weighted by atomic mass is 9.97. The highest BCUT2D eigenvalue weighted by Crippen LogP contribution is 2.23. The lowest BCUT2D eigenvalue weighted by Gasteiger charge is -2.17. The molecule has 1 unspecified atom stereocenters. The van der Waals surface area contributed by atoms with E-state index >= 15 is 0 Å². The molecule has 2 aromatic carbocycles. The summed E-state index contributed by atoms with van der Waals surface area (Å²) in [6, 6.07) is 15.3. The van der Waals surface area contributed by atoms with E-state index in [4.69, 9.17) is 5.84 Å². The minimum absolute atomic E-state index is 0.134. The van der Waals surface area contributed by atoms with Crippen LogP contribution >= 0.6 is 15.9 Å². The first kappa shape index (κ1) is 15.2. The van der Waals surface area contributed by atoms with Gasteiger partial charge in [-0.3, -0.25) is 11.3 Å². The maximum atomic E-state index is 5.74. The fraction of sp³-hybridized carbons (Fsp3) is 0.294. The zero-order valence-corrected chi connectivity index (χ0v) is 13.6. The van der Waals surface area contributed by atoms with Crippen LogP contribution < -0.4 is 11.3 Å². The molecule has 0 aliphatic rings. The average molecular weight is 333 g/mol. The van der Waals surface area contributed by atoms with Gasteiger partial charge in [-0.2, -0.15) is 0 Å². The van der Waals surface area contributed by atoms with Gasteiger partial charge in [0.1, 0.15) is 0 Å². The lowest BCUT2D eigenvalue weighted by Crippen LogP contribution is -2.29. The molecule has 2 aromatic rings. The Kier molecular flexibility index (Phi) is 5.35. The highest BCUT2D eigenvalue weighted by Gasteiger charge is 2.11. The smallest absolute Gasteiger partial charge is 0.0500 e. The van der Waals surface area contributed by atoms with E-state index in [-0.39, 0.29) is 6.04 Å². The summed E-state index contributed by atoms with van der Waals surface area (Å²) in [6.07, 6.45) is 1.96. The number of nitrogens with one attached hydrogen (secondary N) is 1. The molecule has 3 N–H and O–H groups in total. The Bertz CT molecular complexity index is 564. The molecule has 0 amide bonds. The van der Waals surface area contributed by atoms with Crippen molar-refractivity contribution in [3.05, 3.63) is 69.2 Å². The Morgan fingerprint density at radius 1 is 1.10 bits per heavy atom. The summed E-state index contributed by atoms with van der Waals surface area (Å²) in [5.74, 6) is 5.74. The van der Waals surface area contributed by atoms with Crippen LogP contribution in [-0.4, -0.2) is 0 Å². The average Bonchev–Trinajstić information content (AvgIpc) is 2.48. The van der Waals surface area contributed by atoms with Crippen molar-refractivity contribution in [1.29, 1.82) is 0 Å². The second-order valence-electron chi connectivity index (χ2n) is 5.10. The second kappa shape index (κ2) is 7.02. The third-order valence-corrected chi connectivity index (χ3v) is 4.55. The van der Waals surface area contributed by atoms with E-state index in [0.29, 0.717) is 0 Å². The van der Waals surface area contributed by atoms with Crippen LogP contribution in [0.2, 0.25) is 0 Å². The molecule has 0 bridgehead atoms. The van der Waals surface area contributed by atoms with Gasteiger partial charge in [0.05, 0.1) is 0 Å². The summed E-state index contributed by atoms with van der Waals surface area (Å²) in [4.78, 5) is 0. The molecule has 3 heteroatoms. The van der Waals surface area contributed by atoms with Gasteiger partial charge in [0.25, 0.3) is 0 Å². The van der Waals surface area contributed by atoms with E-state index in [1.54, 1.807) is 0 Å². The number of aryl methyl sites for hydroxylation is 2. The molecular weight excluding hydrogens is 312 g/mol. The van der Waals surface area contributed by atoms with Crippen molar-refractivity contribution in [2.75, 3.05) is 0 Å². The number of hydrazine groups is 1. The Morgan fingerprint density at radius 2 is 1.75 bits per heavy atom. The number of rotatable bonds is 5. The number of halogens is 1. The zero-order valence-electron chi connectivity index (χ0n) is 12.0. The number of hydrogen-bond donors (Lipinski definition) is 2. The van der Waals surface area contributed by atoms with Crippen molar-refractivity contribution in [1.82, 2.24) is 5.43 Å². The van der Waals surface area contributed by atoms with Crippen molar-refractivity contribution < 1.29 is 0 Å². The lowest BCUT2D eigenvalue weighted by molar-refractivity contribution is 0.551. The SMILES string of the molecule is CCc1ccc(CC(NN)c2ccc(Br)c(C)c2)cc1. The van der Waals surface area contributed by atoms with Gasteiger partial charge in [-0.1, -0.05) is 59.3 Å². The predicted molar refractivity (Wildman–Crippen MR) is 88.5 cm³/mol. The summed E-state index contributed by atoms with van der Waals surface area (Å²) in [6.45, 7) is 4.26. The van der Waals surface area contributed by atoms with Crippen molar-refractivity contribution >= 4 is 15.9 Å². The zero-order chi connectivity index (χ0) is 14.5. The minimum Gasteiger partial charge on any atom is -0.271 e. The van der Waals surface area contributed by atoms with Crippen molar-refractivity contribution in [3.63, 3.8) is 0 Å². The summed E-state index contributed by atoms with van der Waals surface area (Å²) in [7, 11) is 0. The quantitative estimate of drug-likeness (QED) is 0.639. The molecule has 0 saturated carbocycles. The number of benzene rings is 2. The topological polar surface area (TPSA) is 38.0 Å². The summed E-state index contributed by atoms with van der Waals surface area (Å²) >= 11 is 3.53. The first-order valence-electron chi connectivity index (χ1n) is 6.94. The van der Waals surface area contributed by atoms with Gasteiger partial charge in [-0.15, -0.1) is 0 Å². The van der Waals surface area contributed by atoms with Crippen LogP contribution in [0.1, 0.15) is 35.2 Å². The molecule has 0 aromatic heterocycles. The molecule has 0 radical (unpaired) electrons. The van der Waals surface area contributed by atoms with E-state index in [2.05, 4.69) is 77.7 Å². The predicted octanol–water partition coefficient (Wildman–Crippen LogP) is 4.07. The molecule has 106 valence electrons. The van der Waals surface area contributed by atoms with Gasteiger partial charge in [0.2, 0.25) is 0 Å². The van der Waals surface area contributed by atoms with E-state index in [9.17, 15) is 0 Å². The summed E-state index contributed by atoms with van der Waals surface area (Å²) in [5.41, 5.74) is 8.03. The maximum Gasteiger partial charge on any atom is 0.0500 e. The highest BCUT2D eigenvalue weighted by molar-refractivity contribution is 9.10. The van der Waals surface area contributed by atoms with Crippen LogP contribution in [0, 0.1) is 6.92 Å². The maximum absolute atomic E-state index is 5.74. The van der Waals surface area contributed by atoms with E-state index in [0.717, 1.165) is 17.3 Å². The molecule has 2 nitrogen and oxygen atoms in total. The van der Waals surface area contributed by atoms with Crippen LogP contribution in [0.3, 0.4) is 0 Å². The molecule has 0 spiro atoms. The van der Waals surface area contributed by atoms with Crippen LogP contribution in [0.15, 0.2) is 46.9 Å². The largest absolute Gasteiger partial charge is 0.271 e. The van der Waals surface area contributed by atoms with Crippen LogP contribution in [0.25, 0.3) is 0 Å². The van der Waals surface area contributed by atoms with Crippen LogP contribution in [0.4, 0.5) is 0 Å². The number of hydrogen-bond acceptors (Lipinski definition) is 2. The molecule has 0 aliphatic carbocycles. The fourth-order valence-corrected chi connectivity index (χ4v) is 2.55. The van der Waals surface area contributed by atoms with Crippen molar-refractivity contribution in [3.8, 4) is 0 Å². The normalized spacial score (nSPS) is 12.4. The Balaban J connectivity index is 2.16. The molecule has 1 atom stereocenters. The third-order valence-electron chi connectivity index (χ3n) is 3.66. The first-order chi connectivity index (χ1) is 9.63. The minimum atomic E-state index is 0.134. The van der Waals surface area contributed by atoms with Gasteiger partial charge in [0.15, 0.2) is 0 Å². The molecule has 0 heterocycles. The van der Waals surface area contributed by atoms with Gasteiger partial charge in [-0.05, 0) is 48.1 Å². The molecular formula is C17H21BrN2. The number of nitrogens with two attached hydrogens (primary N) is 1. The fourth-order valence-electron chi connectivity index (χ4n) is 2.30. The van der Waals surface area contributed by atoms with E-state index in [1.165, 1.54) is 22.3 Å². The molecule has 0 fully saturated rings. The van der Waals surface area contributed by atoms with Crippen LogP contribution in [-0.2, 0) is 12.8 Å². The molecule has 2 rings (SSSR count). The molecule has 0 aliphatic heterocycles. The summed E-state index contributed by atoms with van der Waals surface area (Å²) < 4.78 is 1.13.